The number of hydrogen-bond donors (Lipinski definition) is 3. The third-order valence-electron chi connectivity index (χ3n) is 2.50. The first-order valence-electron chi connectivity index (χ1n) is 5.33. The van der Waals surface area contributed by atoms with Crippen molar-refractivity contribution in [2.24, 2.45) is 5.73 Å². The standard InChI is InChI=1S/C12H15N3O/c13-6-2-4-10-8-14-15-12(10)9-3-1-5-11(16)7-9/h1,3,5,7-8,16H,2,4,6,13H2,(H,14,15). The Labute approximate surface area is 94.1 Å². The van der Waals surface area contributed by atoms with E-state index in [2.05, 4.69) is 10.2 Å². The van der Waals surface area contributed by atoms with E-state index < -0.39 is 0 Å². The summed E-state index contributed by atoms with van der Waals surface area (Å²) in [5, 5.41) is 16.4. The Morgan fingerprint density at radius 2 is 2.25 bits per heavy atom. The molecule has 0 radical (unpaired) electrons. The second-order valence-corrected chi connectivity index (χ2v) is 3.71. The van der Waals surface area contributed by atoms with Crippen molar-refractivity contribution < 1.29 is 5.11 Å². The summed E-state index contributed by atoms with van der Waals surface area (Å²) in [5.41, 5.74) is 8.53. The molecule has 0 bridgehead atoms. The highest BCUT2D eigenvalue weighted by Crippen LogP contribution is 2.24. The quantitative estimate of drug-likeness (QED) is 0.729. The van der Waals surface area contributed by atoms with Crippen LogP contribution >= 0.6 is 0 Å². The van der Waals surface area contributed by atoms with Crippen molar-refractivity contribution in [2.45, 2.75) is 12.8 Å². The van der Waals surface area contributed by atoms with Gasteiger partial charge in [-0.25, -0.2) is 0 Å². The van der Waals surface area contributed by atoms with Gasteiger partial charge >= 0.3 is 0 Å². The van der Waals surface area contributed by atoms with Crippen LogP contribution in [0.2, 0.25) is 0 Å². The lowest BCUT2D eigenvalue weighted by Crippen LogP contribution is -2.00. The van der Waals surface area contributed by atoms with Crippen LogP contribution in [0.15, 0.2) is 30.5 Å². The predicted molar refractivity (Wildman–Crippen MR) is 63.1 cm³/mol. The molecule has 0 saturated heterocycles. The molecule has 16 heavy (non-hydrogen) atoms. The molecule has 1 aromatic heterocycles. The average molecular weight is 217 g/mol. The van der Waals surface area contributed by atoms with Crippen molar-refractivity contribution in [2.75, 3.05) is 6.54 Å². The minimum absolute atomic E-state index is 0.261. The second kappa shape index (κ2) is 4.81. The summed E-state index contributed by atoms with van der Waals surface area (Å²) in [5.74, 6) is 0.261. The van der Waals surface area contributed by atoms with Gasteiger partial charge in [-0.3, -0.25) is 5.10 Å². The zero-order chi connectivity index (χ0) is 11.4. The molecular formula is C12H15N3O. The highest BCUT2D eigenvalue weighted by atomic mass is 16.3. The molecule has 0 atom stereocenters. The zero-order valence-electron chi connectivity index (χ0n) is 8.98. The van der Waals surface area contributed by atoms with Gasteiger partial charge in [-0.2, -0.15) is 5.10 Å². The highest BCUT2D eigenvalue weighted by Gasteiger charge is 2.07. The van der Waals surface area contributed by atoms with E-state index in [1.165, 1.54) is 0 Å². The number of rotatable bonds is 4. The van der Waals surface area contributed by atoms with Crippen LogP contribution in [0.4, 0.5) is 0 Å². The third-order valence-corrected chi connectivity index (χ3v) is 2.50. The molecule has 0 aliphatic carbocycles. The zero-order valence-corrected chi connectivity index (χ0v) is 8.98. The van der Waals surface area contributed by atoms with Crippen LogP contribution in [0.5, 0.6) is 5.75 Å². The predicted octanol–water partition coefficient (Wildman–Crippen LogP) is 1.67. The van der Waals surface area contributed by atoms with Crippen LogP contribution < -0.4 is 5.73 Å². The summed E-state index contributed by atoms with van der Waals surface area (Å²) in [7, 11) is 0. The molecule has 4 nitrogen and oxygen atoms in total. The molecule has 4 heteroatoms. The van der Waals surface area contributed by atoms with Crippen molar-refractivity contribution in [1.82, 2.24) is 10.2 Å². The maximum atomic E-state index is 9.42. The molecule has 84 valence electrons. The Kier molecular flexibility index (Phi) is 3.22. The normalized spacial score (nSPS) is 10.6. The number of aromatic hydroxyl groups is 1. The SMILES string of the molecule is NCCCc1cn[nH]c1-c1cccc(O)c1. The molecule has 0 aliphatic rings. The van der Waals surface area contributed by atoms with Gasteiger partial charge in [0, 0.05) is 5.56 Å². The van der Waals surface area contributed by atoms with Gasteiger partial charge in [0.25, 0.3) is 0 Å². The Morgan fingerprint density at radius 3 is 3.00 bits per heavy atom. The first-order valence-corrected chi connectivity index (χ1v) is 5.33. The van der Waals surface area contributed by atoms with Crippen molar-refractivity contribution in [3.8, 4) is 17.0 Å². The molecule has 0 aliphatic heterocycles. The lowest BCUT2D eigenvalue weighted by molar-refractivity contribution is 0.475. The van der Waals surface area contributed by atoms with E-state index in [-0.39, 0.29) is 5.75 Å². The van der Waals surface area contributed by atoms with Crippen LogP contribution in [-0.2, 0) is 6.42 Å². The fourth-order valence-corrected chi connectivity index (χ4v) is 1.70. The van der Waals surface area contributed by atoms with Crippen molar-refractivity contribution in [3.63, 3.8) is 0 Å². The molecule has 2 rings (SSSR count). The molecule has 0 saturated carbocycles. The van der Waals surface area contributed by atoms with E-state index in [1.807, 2.05) is 18.3 Å². The molecule has 0 spiro atoms. The van der Waals surface area contributed by atoms with E-state index >= 15 is 0 Å². The molecule has 0 fully saturated rings. The highest BCUT2D eigenvalue weighted by molar-refractivity contribution is 5.64. The van der Waals surface area contributed by atoms with Gasteiger partial charge in [0.05, 0.1) is 11.9 Å². The molecule has 1 aromatic carbocycles. The number of hydrogen-bond acceptors (Lipinski definition) is 3. The molecule has 0 unspecified atom stereocenters. The van der Waals surface area contributed by atoms with Gasteiger partial charge in [0.15, 0.2) is 0 Å². The number of aromatic amines is 1. The van der Waals surface area contributed by atoms with E-state index in [0.717, 1.165) is 29.7 Å². The number of aromatic nitrogens is 2. The van der Waals surface area contributed by atoms with Gasteiger partial charge in [-0.15, -0.1) is 0 Å². The van der Waals surface area contributed by atoms with E-state index in [1.54, 1.807) is 12.1 Å². The molecule has 4 N–H and O–H groups in total. The first-order chi connectivity index (χ1) is 7.81. The number of benzene rings is 1. The van der Waals surface area contributed by atoms with Crippen LogP contribution in [0.25, 0.3) is 11.3 Å². The minimum Gasteiger partial charge on any atom is -0.508 e. The molecule has 1 heterocycles. The van der Waals surface area contributed by atoms with Crippen LogP contribution in [0, 0.1) is 0 Å². The smallest absolute Gasteiger partial charge is 0.116 e. The first kappa shape index (κ1) is 10.7. The fourth-order valence-electron chi connectivity index (χ4n) is 1.70. The third kappa shape index (κ3) is 2.23. The van der Waals surface area contributed by atoms with Crippen molar-refractivity contribution in [3.05, 3.63) is 36.0 Å². The maximum absolute atomic E-state index is 9.42. The van der Waals surface area contributed by atoms with Gasteiger partial charge in [-0.1, -0.05) is 12.1 Å². The number of phenolic OH excluding ortho intramolecular Hbond substituents is 1. The van der Waals surface area contributed by atoms with E-state index in [9.17, 15) is 5.11 Å². The van der Waals surface area contributed by atoms with Crippen LogP contribution in [0.1, 0.15) is 12.0 Å². The number of nitrogens with two attached hydrogens (primary N) is 1. The van der Waals surface area contributed by atoms with Crippen molar-refractivity contribution in [1.29, 1.82) is 0 Å². The largest absolute Gasteiger partial charge is 0.508 e. The number of nitrogens with zero attached hydrogens (tertiary/aromatic N) is 1. The number of nitrogens with one attached hydrogen (secondary N) is 1. The topological polar surface area (TPSA) is 74.9 Å². The fraction of sp³-hybridized carbons (Fsp3) is 0.250. The van der Waals surface area contributed by atoms with Crippen LogP contribution in [0.3, 0.4) is 0 Å². The Bertz CT molecular complexity index is 465. The number of phenols is 1. The monoisotopic (exact) mass is 217 g/mol. The van der Waals surface area contributed by atoms with Gasteiger partial charge in [0.1, 0.15) is 5.75 Å². The maximum Gasteiger partial charge on any atom is 0.116 e. The summed E-state index contributed by atoms with van der Waals surface area (Å²) in [4.78, 5) is 0. The molecular weight excluding hydrogens is 202 g/mol. The number of aryl methyl sites for hydroxylation is 1. The van der Waals surface area contributed by atoms with Gasteiger partial charge in [-0.05, 0) is 37.1 Å². The van der Waals surface area contributed by atoms with Crippen molar-refractivity contribution >= 4 is 0 Å². The van der Waals surface area contributed by atoms with Gasteiger partial charge < -0.3 is 10.8 Å². The minimum atomic E-state index is 0.261. The van der Waals surface area contributed by atoms with E-state index in [0.29, 0.717) is 6.54 Å². The lowest BCUT2D eigenvalue weighted by Gasteiger charge is -2.03. The second-order valence-electron chi connectivity index (χ2n) is 3.71. The Balaban J connectivity index is 2.29. The summed E-state index contributed by atoms with van der Waals surface area (Å²) < 4.78 is 0. The molecule has 2 aromatic rings. The average Bonchev–Trinajstić information content (AvgIpc) is 2.74. The van der Waals surface area contributed by atoms with Crippen LogP contribution in [-0.4, -0.2) is 21.8 Å². The Hall–Kier alpha value is -1.81. The van der Waals surface area contributed by atoms with Gasteiger partial charge in [0.2, 0.25) is 0 Å². The summed E-state index contributed by atoms with van der Waals surface area (Å²) >= 11 is 0. The lowest BCUT2D eigenvalue weighted by atomic mass is 10.0. The van der Waals surface area contributed by atoms with E-state index in [4.69, 9.17) is 5.73 Å². The number of H-pyrrole nitrogens is 1. The molecule has 0 amide bonds. The summed E-state index contributed by atoms with van der Waals surface area (Å²) in [6.07, 6.45) is 3.65. The summed E-state index contributed by atoms with van der Waals surface area (Å²) in [6.45, 7) is 0.671. The summed E-state index contributed by atoms with van der Waals surface area (Å²) in [6, 6.07) is 7.14. The Morgan fingerprint density at radius 1 is 1.38 bits per heavy atom.